The maximum Gasteiger partial charge on any atom is 0.194 e. The van der Waals surface area contributed by atoms with E-state index in [1.54, 1.807) is 0 Å². The van der Waals surface area contributed by atoms with Crippen LogP contribution in [0.3, 0.4) is 0 Å². The van der Waals surface area contributed by atoms with Crippen molar-refractivity contribution in [3.63, 3.8) is 0 Å². The predicted molar refractivity (Wildman–Crippen MR) is 100 cm³/mol. The topological polar surface area (TPSA) is 69.1 Å². The van der Waals surface area contributed by atoms with E-state index in [1.165, 1.54) is 0 Å². The summed E-state index contributed by atoms with van der Waals surface area (Å²) < 4.78 is 0. The lowest BCUT2D eigenvalue weighted by Crippen LogP contribution is -2.04. The van der Waals surface area contributed by atoms with E-state index < -0.39 is 0 Å². The van der Waals surface area contributed by atoms with Crippen LogP contribution in [0.5, 0.6) is 0 Å². The van der Waals surface area contributed by atoms with Crippen molar-refractivity contribution in [1.82, 2.24) is 0 Å². The minimum atomic E-state index is -0.0256. The summed E-state index contributed by atoms with van der Waals surface area (Å²) in [7, 11) is 0. The normalized spacial score (nSPS) is 11.0. The van der Waals surface area contributed by atoms with Gasteiger partial charge in [0.25, 0.3) is 0 Å². The molecule has 0 spiro atoms. The Morgan fingerprint density at radius 3 is 1.38 bits per heavy atom. The second-order valence-electron chi connectivity index (χ2n) is 5.82. The maximum atomic E-state index is 13.2. The lowest BCUT2D eigenvalue weighted by atomic mass is 9.93. The summed E-state index contributed by atoms with van der Waals surface area (Å²) in [6, 6.07) is 22.6. The monoisotopic (exact) mass is 312 g/mol. The highest BCUT2D eigenvalue weighted by molar-refractivity contribution is 6.22. The Bertz CT molecular complexity index is 1010. The van der Waals surface area contributed by atoms with Gasteiger partial charge in [0.2, 0.25) is 0 Å². The summed E-state index contributed by atoms with van der Waals surface area (Å²) in [5.41, 5.74) is 14.7. The second-order valence-corrected chi connectivity index (χ2v) is 5.82. The molecule has 0 saturated heterocycles. The van der Waals surface area contributed by atoms with Gasteiger partial charge < -0.3 is 11.5 Å². The van der Waals surface area contributed by atoms with Gasteiger partial charge in [-0.1, -0.05) is 60.7 Å². The molecular weight excluding hydrogens is 296 g/mol. The SMILES string of the molecule is Nc1cccc2c(C(=O)c3cccc4c(N)cccc34)cccc12. The first-order valence-electron chi connectivity index (χ1n) is 7.76. The summed E-state index contributed by atoms with van der Waals surface area (Å²) in [6.45, 7) is 0. The number of carbonyl (C=O) groups excluding carboxylic acids is 1. The molecule has 0 unspecified atom stereocenters. The summed E-state index contributed by atoms with van der Waals surface area (Å²) >= 11 is 0. The number of hydrogen-bond acceptors (Lipinski definition) is 3. The number of fused-ring (bicyclic) bond motifs is 2. The van der Waals surface area contributed by atoms with Gasteiger partial charge in [0.1, 0.15) is 0 Å². The molecule has 0 aliphatic rings. The van der Waals surface area contributed by atoms with Crippen LogP contribution in [0.25, 0.3) is 21.5 Å². The quantitative estimate of drug-likeness (QED) is 0.426. The molecule has 0 heterocycles. The van der Waals surface area contributed by atoms with Crippen LogP contribution in [-0.4, -0.2) is 5.78 Å². The molecule has 24 heavy (non-hydrogen) atoms. The maximum absolute atomic E-state index is 13.2. The lowest BCUT2D eigenvalue weighted by molar-refractivity contribution is 0.104. The molecule has 4 aromatic carbocycles. The van der Waals surface area contributed by atoms with Crippen LogP contribution in [0.1, 0.15) is 15.9 Å². The third-order valence-electron chi connectivity index (χ3n) is 4.40. The standard InChI is InChI=1S/C21H16N2O/c22-19-11-3-5-13-15(19)7-1-9-17(13)21(24)18-10-2-8-16-14(18)6-4-12-20(16)23/h1-12H,22-23H2. The Morgan fingerprint density at radius 2 is 0.917 bits per heavy atom. The molecule has 0 saturated carbocycles. The number of carbonyl (C=O) groups is 1. The van der Waals surface area contributed by atoms with Crippen molar-refractivity contribution < 1.29 is 4.79 Å². The van der Waals surface area contributed by atoms with Crippen LogP contribution in [-0.2, 0) is 0 Å². The fourth-order valence-electron chi connectivity index (χ4n) is 3.21. The number of hydrogen-bond donors (Lipinski definition) is 2. The molecule has 4 N–H and O–H groups in total. The number of benzene rings is 4. The van der Waals surface area contributed by atoms with Gasteiger partial charge in [-0.3, -0.25) is 4.79 Å². The van der Waals surface area contributed by atoms with Gasteiger partial charge in [-0.05, 0) is 22.9 Å². The number of anilines is 2. The summed E-state index contributed by atoms with van der Waals surface area (Å²) in [4.78, 5) is 13.2. The highest BCUT2D eigenvalue weighted by Gasteiger charge is 2.16. The molecule has 3 nitrogen and oxygen atoms in total. The van der Waals surface area contributed by atoms with E-state index in [1.807, 2.05) is 72.8 Å². The van der Waals surface area contributed by atoms with Crippen molar-refractivity contribution in [3.8, 4) is 0 Å². The third-order valence-corrected chi connectivity index (χ3v) is 4.40. The molecule has 0 fully saturated rings. The van der Waals surface area contributed by atoms with E-state index in [9.17, 15) is 4.79 Å². The van der Waals surface area contributed by atoms with Crippen LogP contribution in [0.15, 0.2) is 72.8 Å². The molecule has 0 aliphatic carbocycles. The van der Waals surface area contributed by atoms with Crippen LogP contribution >= 0.6 is 0 Å². The predicted octanol–water partition coefficient (Wildman–Crippen LogP) is 4.39. The van der Waals surface area contributed by atoms with Crippen molar-refractivity contribution in [3.05, 3.63) is 83.9 Å². The smallest absolute Gasteiger partial charge is 0.194 e. The first-order chi connectivity index (χ1) is 11.7. The van der Waals surface area contributed by atoms with Gasteiger partial charge in [0, 0.05) is 33.3 Å². The van der Waals surface area contributed by atoms with Gasteiger partial charge in [0.15, 0.2) is 5.78 Å². The molecule has 4 rings (SSSR count). The third kappa shape index (κ3) is 2.10. The molecule has 0 bridgehead atoms. The van der Waals surface area contributed by atoms with Crippen molar-refractivity contribution in [2.75, 3.05) is 11.5 Å². The minimum absolute atomic E-state index is 0.0256. The molecule has 0 amide bonds. The summed E-state index contributed by atoms with van der Waals surface area (Å²) in [5, 5.41) is 3.51. The van der Waals surface area contributed by atoms with Crippen LogP contribution in [0.4, 0.5) is 11.4 Å². The summed E-state index contributed by atoms with van der Waals surface area (Å²) in [6.07, 6.45) is 0. The van der Waals surface area contributed by atoms with Gasteiger partial charge in [-0.25, -0.2) is 0 Å². The second kappa shape index (κ2) is 5.39. The van der Waals surface area contributed by atoms with E-state index >= 15 is 0 Å². The Hall–Kier alpha value is -3.33. The van der Waals surface area contributed by atoms with E-state index in [2.05, 4.69) is 0 Å². The zero-order chi connectivity index (χ0) is 16.7. The molecule has 3 heteroatoms. The molecule has 0 aromatic heterocycles. The van der Waals surface area contributed by atoms with Crippen molar-refractivity contribution in [2.45, 2.75) is 0 Å². The highest BCUT2D eigenvalue weighted by atomic mass is 16.1. The Morgan fingerprint density at radius 1 is 0.542 bits per heavy atom. The fraction of sp³-hybridized carbons (Fsp3) is 0. The number of ketones is 1. The van der Waals surface area contributed by atoms with Gasteiger partial charge >= 0.3 is 0 Å². The Balaban J connectivity index is 1.98. The zero-order valence-electron chi connectivity index (χ0n) is 13.0. The van der Waals surface area contributed by atoms with E-state index in [4.69, 9.17) is 11.5 Å². The average molecular weight is 312 g/mol. The first kappa shape index (κ1) is 14.3. The number of nitrogen functional groups attached to an aromatic ring is 2. The van der Waals surface area contributed by atoms with E-state index in [0.29, 0.717) is 22.5 Å². The molecule has 0 radical (unpaired) electrons. The fourth-order valence-corrected chi connectivity index (χ4v) is 3.21. The minimum Gasteiger partial charge on any atom is -0.398 e. The molecule has 0 atom stereocenters. The van der Waals surface area contributed by atoms with Crippen LogP contribution < -0.4 is 11.5 Å². The number of rotatable bonds is 2. The molecular formula is C21H16N2O. The number of nitrogens with two attached hydrogens (primary N) is 2. The van der Waals surface area contributed by atoms with E-state index in [-0.39, 0.29) is 5.78 Å². The zero-order valence-corrected chi connectivity index (χ0v) is 13.0. The van der Waals surface area contributed by atoms with E-state index in [0.717, 1.165) is 21.5 Å². The van der Waals surface area contributed by atoms with Crippen molar-refractivity contribution in [2.24, 2.45) is 0 Å². The van der Waals surface area contributed by atoms with Crippen LogP contribution in [0, 0.1) is 0 Å². The van der Waals surface area contributed by atoms with Gasteiger partial charge in [-0.2, -0.15) is 0 Å². The van der Waals surface area contributed by atoms with Gasteiger partial charge in [0.05, 0.1) is 0 Å². The average Bonchev–Trinajstić information content (AvgIpc) is 2.61. The lowest BCUT2D eigenvalue weighted by Gasteiger charge is -2.10. The van der Waals surface area contributed by atoms with Crippen LogP contribution in [0.2, 0.25) is 0 Å². The Labute approximate surface area is 139 Å². The van der Waals surface area contributed by atoms with Gasteiger partial charge in [-0.15, -0.1) is 0 Å². The molecule has 116 valence electrons. The Kier molecular flexibility index (Phi) is 3.21. The molecule has 4 aromatic rings. The van der Waals surface area contributed by atoms with Crippen molar-refractivity contribution >= 4 is 38.7 Å². The highest BCUT2D eigenvalue weighted by Crippen LogP contribution is 2.29. The summed E-state index contributed by atoms with van der Waals surface area (Å²) in [5.74, 6) is -0.0256. The van der Waals surface area contributed by atoms with Crippen molar-refractivity contribution in [1.29, 1.82) is 0 Å². The largest absolute Gasteiger partial charge is 0.398 e. The first-order valence-corrected chi connectivity index (χ1v) is 7.76. The molecule has 0 aliphatic heterocycles.